The van der Waals surface area contributed by atoms with Crippen molar-refractivity contribution in [3.05, 3.63) is 51.2 Å². The first-order valence-electron chi connectivity index (χ1n) is 8.31. The molecule has 1 atom stereocenters. The average Bonchev–Trinajstić information content (AvgIpc) is 3.31. The number of amides is 3. The van der Waals surface area contributed by atoms with Gasteiger partial charge in [-0.3, -0.25) is 10.1 Å². The third kappa shape index (κ3) is 3.99. The SMILES string of the molecule is O=C(NC(=O)n1c(O)c(C(=O)c2cccs2)c2cc(Cl)ccc21)N[C@@H](CO)C(=O)O. The molecule has 0 bridgehead atoms. The van der Waals surface area contributed by atoms with E-state index in [0.29, 0.717) is 9.44 Å². The molecule has 2 aromatic heterocycles. The van der Waals surface area contributed by atoms with Gasteiger partial charge in [0, 0.05) is 10.4 Å². The molecule has 0 spiro atoms. The van der Waals surface area contributed by atoms with Gasteiger partial charge in [0.25, 0.3) is 0 Å². The fraction of sp³-hybridized carbons (Fsp3) is 0.111. The lowest BCUT2D eigenvalue weighted by atomic mass is 10.1. The zero-order chi connectivity index (χ0) is 22.0. The van der Waals surface area contributed by atoms with Crippen LogP contribution in [0.2, 0.25) is 5.02 Å². The van der Waals surface area contributed by atoms with Gasteiger partial charge in [0.1, 0.15) is 0 Å². The van der Waals surface area contributed by atoms with Gasteiger partial charge in [0.2, 0.25) is 11.7 Å². The highest BCUT2D eigenvalue weighted by atomic mass is 35.5. The van der Waals surface area contributed by atoms with Gasteiger partial charge in [-0.25, -0.2) is 19.0 Å². The molecule has 0 aliphatic heterocycles. The summed E-state index contributed by atoms with van der Waals surface area (Å²) < 4.78 is 0.695. The van der Waals surface area contributed by atoms with Crippen LogP contribution in [-0.2, 0) is 4.79 Å². The van der Waals surface area contributed by atoms with Gasteiger partial charge in [-0.05, 0) is 29.6 Å². The third-order valence-electron chi connectivity index (χ3n) is 4.09. The highest BCUT2D eigenvalue weighted by Crippen LogP contribution is 2.35. The van der Waals surface area contributed by atoms with Crippen molar-refractivity contribution in [3.8, 4) is 5.88 Å². The van der Waals surface area contributed by atoms with Crippen molar-refractivity contribution in [2.45, 2.75) is 6.04 Å². The van der Waals surface area contributed by atoms with Crippen molar-refractivity contribution in [2.75, 3.05) is 6.61 Å². The largest absolute Gasteiger partial charge is 0.494 e. The number of aliphatic hydroxyl groups excluding tert-OH is 1. The number of nitrogens with zero attached hydrogens (tertiary/aromatic N) is 1. The van der Waals surface area contributed by atoms with E-state index in [1.165, 1.54) is 18.2 Å². The number of carbonyl (C=O) groups is 4. The number of fused-ring (bicyclic) bond motifs is 1. The number of urea groups is 1. The molecule has 0 aliphatic carbocycles. The van der Waals surface area contributed by atoms with Gasteiger partial charge in [-0.2, -0.15) is 0 Å². The summed E-state index contributed by atoms with van der Waals surface area (Å²) in [7, 11) is 0. The lowest BCUT2D eigenvalue weighted by Gasteiger charge is -2.12. The van der Waals surface area contributed by atoms with Crippen molar-refractivity contribution >= 4 is 57.7 Å². The Labute approximate surface area is 177 Å². The number of halogens is 1. The van der Waals surface area contributed by atoms with E-state index in [2.05, 4.69) is 0 Å². The molecular formula is C18H14ClN3O7S. The molecule has 5 N–H and O–H groups in total. The predicted molar refractivity (Wildman–Crippen MR) is 107 cm³/mol. The second kappa shape index (κ2) is 8.53. The number of aromatic nitrogens is 1. The van der Waals surface area contributed by atoms with Crippen LogP contribution in [0.5, 0.6) is 5.88 Å². The van der Waals surface area contributed by atoms with Gasteiger partial charge in [-0.15, -0.1) is 11.3 Å². The molecule has 0 fully saturated rings. The minimum absolute atomic E-state index is 0.0963. The molecule has 3 rings (SSSR count). The molecule has 0 radical (unpaired) electrons. The molecule has 1 aromatic carbocycles. The number of aromatic hydroxyl groups is 1. The van der Waals surface area contributed by atoms with Crippen LogP contribution in [0.4, 0.5) is 9.59 Å². The first kappa shape index (κ1) is 21.3. The Hall–Kier alpha value is -3.41. The Bertz CT molecular complexity index is 1160. The van der Waals surface area contributed by atoms with Crippen molar-refractivity contribution in [2.24, 2.45) is 0 Å². The van der Waals surface area contributed by atoms with Crippen LogP contribution >= 0.6 is 22.9 Å². The number of carboxylic acid groups (broad SMARTS) is 1. The van der Waals surface area contributed by atoms with E-state index in [-0.39, 0.29) is 21.5 Å². The number of imide groups is 1. The van der Waals surface area contributed by atoms with Crippen LogP contribution < -0.4 is 10.6 Å². The molecule has 3 aromatic rings. The summed E-state index contributed by atoms with van der Waals surface area (Å²) in [5, 5.41) is 34.3. The predicted octanol–water partition coefficient (Wildman–Crippen LogP) is 2.01. The van der Waals surface area contributed by atoms with Gasteiger partial charge in [0.15, 0.2) is 6.04 Å². The Morgan fingerprint density at radius 2 is 1.93 bits per heavy atom. The van der Waals surface area contributed by atoms with E-state index in [9.17, 15) is 24.3 Å². The lowest BCUT2D eigenvalue weighted by Crippen LogP contribution is -2.50. The Morgan fingerprint density at radius 1 is 1.20 bits per heavy atom. The van der Waals surface area contributed by atoms with Crippen molar-refractivity contribution in [3.63, 3.8) is 0 Å². The minimum atomic E-state index is -1.64. The summed E-state index contributed by atoms with van der Waals surface area (Å²) >= 11 is 7.15. The number of carbonyl (C=O) groups excluding carboxylic acids is 3. The van der Waals surface area contributed by atoms with Crippen molar-refractivity contribution in [1.82, 2.24) is 15.2 Å². The maximum absolute atomic E-state index is 12.9. The van der Waals surface area contributed by atoms with E-state index in [1.54, 1.807) is 17.5 Å². The zero-order valence-electron chi connectivity index (χ0n) is 15.0. The second-order valence-electron chi connectivity index (χ2n) is 5.98. The van der Waals surface area contributed by atoms with Gasteiger partial charge in [0.05, 0.1) is 22.6 Å². The molecule has 0 saturated carbocycles. The lowest BCUT2D eigenvalue weighted by molar-refractivity contribution is -0.140. The molecule has 10 nitrogen and oxygen atoms in total. The fourth-order valence-electron chi connectivity index (χ4n) is 2.74. The number of aliphatic hydroxyl groups is 1. The number of thiophene rings is 1. The minimum Gasteiger partial charge on any atom is -0.494 e. The Kier molecular flexibility index (Phi) is 6.06. The number of benzene rings is 1. The highest BCUT2D eigenvalue weighted by molar-refractivity contribution is 7.12. The summed E-state index contributed by atoms with van der Waals surface area (Å²) in [5.41, 5.74) is -0.0803. The molecule has 156 valence electrons. The van der Waals surface area contributed by atoms with E-state index >= 15 is 0 Å². The summed E-state index contributed by atoms with van der Waals surface area (Å²) in [5.74, 6) is -2.77. The first-order valence-corrected chi connectivity index (χ1v) is 9.57. The standard InChI is InChI=1S/C18H14ClN3O7S/c19-8-3-4-11-9(6-8)13(14(24)12-2-1-5-30-12)15(25)22(11)18(29)21-17(28)20-10(7-23)16(26)27/h1-6,10,23,25H,7H2,(H,26,27)(H2,20,21,28,29)/t10-/m0/s1. The molecule has 30 heavy (non-hydrogen) atoms. The molecule has 12 heteroatoms. The maximum atomic E-state index is 12.9. The number of hydrogen-bond donors (Lipinski definition) is 5. The number of aliphatic carboxylic acids is 1. The summed E-state index contributed by atoms with van der Waals surface area (Å²) in [6.45, 7) is -0.896. The molecule has 0 saturated heterocycles. The zero-order valence-corrected chi connectivity index (χ0v) is 16.5. The fourth-order valence-corrected chi connectivity index (χ4v) is 3.59. The second-order valence-corrected chi connectivity index (χ2v) is 7.36. The number of hydrogen-bond acceptors (Lipinski definition) is 7. The third-order valence-corrected chi connectivity index (χ3v) is 5.19. The van der Waals surface area contributed by atoms with Crippen LogP contribution in [0.3, 0.4) is 0 Å². The smallest absolute Gasteiger partial charge is 0.337 e. The molecule has 3 amide bonds. The maximum Gasteiger partial charge on any atom is 0.337 e. The van der Waals surface area contributed by atoms with Crippen LogP contribution in [0.15, 0.2) is 35.7 Å². The van der Waals surface area contributed by atoms with Crippen LogP contribution in [-0.4, -0.2) is 56.4 Å². The topological polar surface area (TPSA) is 158 Å². The highest BCUT2D eigenvalue weighted by Gasteiger charge is 2.28. The number of nitrogens with one attached hydrogen (secondary N) is 2. The van der Waals surface area contributed by atoms with Gasteiger partial charge < -0.3 is 20.6 Å². The van der Waals surface area contributed by atoms with E-state index < -0.39 is 42.3 Å². The van der Waals surface area contributed by atoms with Crippen LogP contribution in [0, 0.1) is 0 Å². The van der Waals surface area contributed by atoms with Gasteiger partial charge >= 0.3 is 18.0 Å². The number of rotatable bonds is 5. The summed E-state index contributed by atoms with van der Waals surface area (Å²) in [6.07, 6.45) is 0. The van der Waals surface area contributed by atoms with E-state index in [4.69, 9.17) is 21.8 Å². The normalized spacial score (nSPS) is 11.8. The van der Waals surface area contributed by atoms with Crippen molar-refractivity contribution in [1.29, 1.82) is 0 Å². The van der Waals surface area contributed by atoms with Gasteiger partial charge in [-0.1, -0.05) is 17.7 Å². The first-order chi connectivity index (χ1) is 14.2. The van der Waals surface area contributed by atoms with E-state index in [1.807, 2.05) is 10.6 Å². The number of ketones is 1. The number of carboxylic acids is 1. The van der Waals surface area contributed by atoms with E-state index in [0.717, 1.165) is 11.3 Å². The van der Waals surface area contributed by atoms with Crippen LogP contribution in [0.1, 0.15) is 15.2 Å². The Balaban J connectivity index is 2.01. The molecule has 2 heterocycles. The average molecular weight is 452 g/mol. The summed E-state index contributed by atoms with van der Waals surface area (Å²) in [4.78, 5) is 48.6. The monoisotopic (exact) mass is 451 g/mol. The van der Waals surface area contributed by atoms with Crippen molar-refractivity contribution < 1.29 is 34.5 Å². The Morgan fingerprint density at radius 3 is 2.53 bits per heavy atom. The molecule has 0 unspecified atom stereocenters. The van der Waals surface area contributed by atoms with Crippen LogP contribution in [0.25, 0.3) is 10.9 Å². The molecular weight excluding hydrogens is 438 g/mol. The molecule has 0 aliphatic rings. The quantitative estimate of drug-likeness (QED) is 0.371. The summed E-state index contributed by atoms with van der Waals surface area (Å²) in [6, 6.07) is 3.41.